The molecular formula is C16H21N5O. The lowest BCUT2D eigenvalue weighted by atomic mass is 10.2. The summed E-state index contributed by atoms with van der Waals surface area (Å²) in [6, 6.07) is 7.52. The summed E-state index contributed by atoms with van der Waals surface area (Å²) in [6.45, 7) is 6.34. The Kier molecular flexibility index (Phi) is 5.41. The highest BCUT2D eigenvalue weighted by Crippen LogP contribution is 2.07. The van der Waals surface area contributed by atoms with Crippen molar-refractivity contribution in [1.29, 1.82) is 0 Å². The second-order valence-corrected chi connectivity index (χ2v) is 5.18. The van der Waals surface area contributed by atoms with E-state index in [1.165, 1.54) is 0 Å². The SMILES string of the molecule is CCC(C)Nc1nc(C)cc(C(=O)NCc2ccccn2)n1. The van der Waals surface area contributed by atoms with Crippen molar-refractivity contribution in [3.8, 4) is 0 Å². The van der Waals surface area contributed by atoms with Crippen molar-refractivity contribution in [1.82, 2.24) is 20.3 Å². The highest BCUT2D eigenvalue weighted by Gasteiger charge is 2.11. The number of hydrogen-bond acceptors (Lipinski definition) is 5. The molecule has 1 amide bonds. The van der Waals surface area contributed by atoms with Gasteiger partial charge in [0.1, 0.15) is 5.69 Å². The molecule has 0 fully saturated rings. The van der Waals surface area contributed by atoms with Gasteiger partial charge in [0.25, 0.3) is 5.91 Å². The van der Waals surface area contributed by atoms with Crippen molar-refractivity contribution in [2.75, 3.05) is 5.32 Å². The predicted molar refractivity (Wildman–Crippen MR) is 85.6 cm³/mol. The molecule has 0 bridgehead atoms. The van der Waals surface area contributed by atoms with Gasteiger partial charge in [0, 0.05) is 17.9 Å². The van der Waals surface area contributed by atoms with Crippen LogP contribution in [-0.4, -0.2) is 26.9 Å². The van der Waals surface area contributed by atoms with E-state index < -0.39 is 0 Å². The zero-order valence-electron chi connectivity index (χ0n) is 13.1. The first-order chi connectivity index (χ1) is 10.6. The fourth-order valence-electron chi connectivity index (χ4n) is 1.84. The minimum Gasteiger partial charge on any atom is -0.352 e. The first-order valence-corrected chi connectivity index (χ1v) is 7.38. The van der Waals surface area contributed by atoms with Crippen molar-refractivity contribution in [3.63, 3.8) is 0 Å². The third-order valence-electron chi connectivity index (χ3n) is 3.23. The minimum atomic E-state index is -0.233. The Labute approximate surface area is 130 Å². The van der Waals surface area contributed by atoms with Crippen molar-refractivity contribution in [2.24, 2.45) is 0 Å². The maximum Gasteiger partial charge on any atom is 0.270 e. The van der Waals surface area contributed by atoms with E-state index in [-0.39, 0.29) is 11.9 Å². The number of carbonyl (C=O) groups excluding carboxylic acids is 1. The molecule has 1 unspecified atom stereocenters. The predicted octanol–water partition coefficient (Wildman–Crippen LogP) is 2.32. The van der Waals surface area contributed by atoms with Gasteiger partial charge in [-0.3, -0.25) is 9.78 Å². The van der Waals surface area contributed by atoms with Crippen LogP contribution in [0.3, 0.4) is 0 Å². The van der Waals surface area contributed by atoms with Crippen molar-refractivity contribution < 1.29 is 4.79 Å². The molecule has 1 atom stereocenters. The first-order valence-electron chi connectivity index (χ1n) is 7.38. The van der Waals surface area contributed by atoms with Crippen molar-refractivity contribution in [3.05, 3.63) is 47.5 Å². The summed E-state index contributed by atoms with van der Waals surface area (Å²) in [7, 11) is 0. The van der Waals surface area contributed by atoms with Crippen LogP contribution in [0.25, 0.3) is 0 Å². The van der Waals surface area contributed by atoms with Crippen molar-refractivity contribution >= 4 is 11.9 Å². The van der Waals surface area contributed by atoms with E-state index in [0.717, 1.165) is 17.8 Å². The molecule has 116 valence electrons. The molecule has 22 heavy (non-hydrogen) atoms. The second kappa shape index (κ2) is 7.49. The number of pyridine rings is 1. The Hall–Kier alpha value is -2.50. The minimum absolute atomic E-state index is 0.233. The molecule has 2 N–H and O–H groups in total. The van der Waals surface area contributed by atoms with Gasteiger partial charge in [-0.1, -0.05) is 13.0 Å². The number of aryl methyl sites for hydroxylation is 1. The number of hydrogen-bond donors (Lipinski definition) is 2. The number of aromatic nitrogens is 3. The molecule has 0 aliphatic rings. The molecule has 0 aliphatic carbocycles. The molecule has 2 heterocycles. The van der Waals surface area contributed by atoms with Crippen LogP contribution in [0.5, 0.6) is 0 Å². The largest absolute Gasteiger partial charge is 0.352 e. The van der Waals surface area contributed by atoms with E-state index in [0.29, 0.717) is 18.2 Å². The summed E-state index contributed by atoms with van der Waals surface area (Å²) in [6.07, 6.45) is 2.66. The molecule has 6 heteroatoms. The number of carbonyl (C=O) groups is 1. The molecule has 0 saturated heterocycles. The van der Waals surface area contributed by atoms with E-state index in [1.807, 2.05) is 32.0 Å². The standard InChI is InChI=1S/C16H21N5O/c1-4-11(2)19-16-20-12(3)9-14(21-16)15(22)18-10-13-7-5-6-8-17-13/h5-9,11H,4,10H2,1-3H3,(H,18,22)(H,19,20,21). The maximum atomic E-state index is 12.2. The summed E-state index contributed by atoms with van der Waals surface area (Å²) in [5.41, 5.74) is 1.91. The van der Waals surface area contributed by atoms with Crippen LogP contribution >= 0.6 is 0 Å². The van der Waals surface area contributed by atoms with E-state index in [9.17, 15) is 4.79 Å². The molecule has 0 radical (unpaired) electrons. The number of anilines is 1. The molecule has 2 aromatic rings. The molecular weight excluding hydrogens is 278 g/mol. The van der Waals surface area contributed by atoms with Crippen LogP contribution in [0.4, 0.5) is 5.95 Å². The van der Waals surface area contributed by atoms with E-state index in [1.54, 1.807) is 12.3 Å². The van der Waals surface area contributed by atoms with Gasteiger partial charge in [0.15, 0.2) is 0 Å². The summed E-state index contributed by atoms with van der Waals surface area (Å²) < 4.78 is 0. The highest BCUT2D eigenvalue weighted by molar-refractivity contribution is 5.92. The Balaban J connectivity index is 2.05. The second-order valence-electron chi connectivity index (χ2n) is 5.18. The van der Waals surface area contributed by atoms with E-state index in [4.69, 9.17) is 0 Å². The van der Waals surface area contributed by atoms with Crippen molar-refractivity contribution in [2.45, 2.75) is 39.8 Å². The normalized spacial score (nSPS) is 11.8. The van der Waals surface area contributed by atoms with E-state index in [2.05, 4.69) is 32.5 Å². The van der Waals surface area contributed by atoms with Crippen LogP contribution in [-0.2, 0) is 6.54 Å². The van der Waals surface area contributed by atoms with Gasteiger partial charge in [-0.2, -0.15) is 0 Å². The van der Waals surface area contributed by atoms with Gasteiger partial charge in [-0.15, -0.1) is 0 Å². The van der Waals surface area contributed by atoms with Gasteiger partial charge in [0.05, 0.1) is 12.2 Å². The molecule has 6 nitrogen and oxygen atoms in total. The average Bonchev–Trinajstić information content (AvgIpc) is 2.52. The fourth-order valence-corrected chi connectivity index (χ4v) is 1.84. The number of nitrogens with one attached hydrogen (secondary N) is 2. The molecule has 0 spiro atoms. The molecule has 2 aromatic heterocycles. The highest BCUT2D eigenvalue weighted by atomic mass is 16.1. The molecule has 2 rings (SSSR count). The molecule has 0 aromatic carbocycles. The Morgan fingerprint density at radius 1 is 1.32 bits per heavy atom. The van der Waals surface area contributed by atoms with E-state index >= 15 is 0 Å². The average molecular weight is 299 g/mol. The number of rotatable bonds is 6. The fraction of sp³-hybridized carbons (Fsp3) is 0.375. The summed E-state index contributed by atoms with van der Waals surface area (Å²) in [5.74, 6) is 0.251. The molecule has 0 saturated carbocycles. The third kappa shape index (κ3) is 4.51. The van der Waals surface area contributed by atoms with Crippen LogP contribution in [0.15, 0.2) is 30.5 Å². The van der Waals surface area contributed by atoms with Gasteiger partial charge in [-0.25, -0.2) is 9.97 Å². The molecule has 0 aliphatic heterocycles. The maximum absolute atomic E-state index is 12.2. The van der Waals surface area contributed by atoms with Crippen LogP contribution in [0.1, 0.15) is 42.1 Å². The Bertz CT molecular complexity index is 630. The number of amides is 1. The summed E-state index contributed by atoms with van der Waals surface area (Å²) >= 11 is 0. The Morgan fingerprint density at radius 3 is 2.82 bits per heavy atom. The first kappa shape index (κ1) is 15.9. The van der Waals surface area contributed by atoms with Gasteiger partial charge in [-0.05, 0) is 38.5 Å². The van der Waals surface area contributed by atoms with Gasteiger partial charge in [0.2, 0.25) is 5.95 Å². The van der Waals surface area contributed by atoms with Crippen LogP contribution < -0.4 is 10.6 Å². The third-order valence-corrected chi connectivity index (χ3v) is 3.23. The zero-order valence-corrected chi connectivity index (χ0v) is 13.1. The quantitative estimate of drug-likeness (QED) is 0.855. The smallest absolute Gasteiger partial charge is 0.270 e. The lowest BCUT2D eigenvalue weighted by Gasteiger charge is -2.12. The number of nitrogens with zero attached hydrogens (tertiary/aromatic N) is 3. The summed E-state index contributed by atoms with van der Waals surface area (Å²) in [5, 5.41) is 6.00. The van der Waals surface area contributed by atoms with Crippen LogP contribution in [0.2, 0.25) is 0 Å². The van der Waals surface area contributed by atoms with Crippen LogP contribution in [0, 0.1) is 6.92 Å². The Morgan fingerprint density at radius 2 is 2.14 bits per heavy atom. The lowest BCUT2D eigenvalue weighted by Crippen LogP contribution is -2.25. The van der Waals surface area contributed by atoms with Gasteiger partial charge < -0.3 is 10.6 Å². The van der Waals surface area contributed by atoms with Gasteiger partial charge >= 0.3 is 0 Å². The summed E-state index contributed by atoms with van der Waals surface area (Å²) in [4.78, 5) is 25.0. The topological polar surface area (TPSA) is 79.8 Å². The lowest BCUT2D eigenvalue weighted by molar-refractivity contribution is 0.0945. The zero-order chi connectivity index (χ0) is 15.9. The monoisotopic (exact) mass is 299 g/mol.